The molecule has 0 aliphatic heterocycles. The monoisotopic (exact) mass is 259 g/mol. The third-order valence-corrected chi connectivity index (χ3v) is 3.09. The zero-order valence-corrected chi connectivity index (χ0v) is 10.8. The van der Waals surface area contributed by atoms with Gasteiger partial charge in [-0.2, -0.15) is 0 Å². The summed E-state index contributed by atoms with van der Waals surface area (Å²) in [7, 11) is 0. The predicted octanol–water partition coefficient (Wildman–Crippen LogP) is 2.62. The van der Waals surface area contributed by atoms with E-state index in [1.54, 1.807) is 6.07 Å². The molecule has 0 unspecified atom stereocenters. The van der Waals surface area contributed by atoms with Gasteiger partial charge in [0, 0.05) is 12.1 Å². The number of nitrogens with one attached hydrogen (secondary N) is 1. The molecule has 0 aliphatic rings. The molecular formula is C15H17NO3. The van der Waals surface area contributed by atoms with Crippen molar-refractivity contribution >= 4 is 5.97 Å². The van der Waals surface area contributed by atoms with Crippen molar-refractivity contribution in [3.05, 3.63) is 59.0 Å². The molecule has 0 atom stereocenters. The molecule has 1 heterocycles. The lowest BCUT2D eigenvalue weighted by Gasteiger charge is -2.06. The van der Waals surface area contributed by atoms with Crippen LogP contribution in [0.25, 0.3) is 0 Å². The van der Waals surface area contributed by atoms with Crippen LogP contribution in [-0.4, -0.2) is 17.6 Å². The average Bonchev–Trinajstić information content (AvgIpc) is 2.85. The minimum Gasteiger partial charge on any atom is -0.475 e. The zero-order chi connectivity index (χ0) is 13.7. The second-order valence-corrected chi connectivity index (χ2v) is 4.43. The number of aryl methyl sites for hydroxylation is 1. The normalized spacial score (nSPS) is 10.6. The molecule has 0 aliphatic carbocycles. The van der Waals surface area contributed by atoms with Crippen molar-refractivity contribution in [3.8, 4) is 0 Å². The molecule has 1 aromatic heterocycles. The van der Waals surface area contributed by atoms with Crippen LogP contribution in [0, 0.1) is 6.92 Å². The van der Waals surface area contributed by atoms with Gasteiger partial charge in [-0.1, -0.05) is 24.3 Å². The van der Waals surface area contributed by atoms with Crippen LogP contribution < -0.4 is 5.32 Å². The lowest BCUT2D eigenvalue weighted by molar-refractivity contribution is 0.0660. The molecule has 2 rings (SSSR count). The van der Waals surface area contributed by atoms with E-state index in [9.17, 15) is 4.79 Å². The van der Waals surface area contributed by atoms with Gasteiger partial charge in [0.1, 0.15) is 0 Å². The summed E-state index contributed by atoms with van der Waals surface area (Å²) in [5.41, 5.74) is 3.26. The molecule has 0 amide bonds. The Morgan fingerprint density at radius 3 is 2.79 bits per heavy atom. The van der Waals surface area contributed by atoms with Crippen LogP contribution in [0.5, 0.6) is 0 Å². The number of carboxylic acid groups (broad SMARTS) is 1. The number of aromatic carboxylic acids is 1. The van der Waals surface area contributed by atoms with Crippen LogP contribution >= 0.6 is 0 Å². The molecule has 2 N–H and O–H groups in total. The van der Waals surface area contributed by atoms with E-state index in [1.165, 1.54) is 17.4 Å². The molecule has 2 aromatic rings. The summed E-state index contributed by atoms with van der Waals surface area (Å²) in [5.74, 6) is -1.01. The highest BCUT2D eigenvalue weighted by molar-refractivity contribution is 5.86. The van der Waals surface area contributed by atoms with Crippen LogP contribution in [0.3, 0.4) is 0 Å². The lowest BCUT2D eigenvalue weighted by Crippen LogP contribution is -2.18. The molecule has 0 radical (unpaired) electrons. The highest BCUT2D eigenvalue weighted by Crippen LogP contribution is 2.10. The van der Waals surface area contributed by atoms with Gasteiger partial charge in [0.15, 0.2) is 0 Å². The quantitative estimate of drug-likeness (QED) is 0.783. The van der Waals surface area contributed by atoms with Gasteiger partial charge in [0.05, 0.1) is 6.26 Å². The van der Waals surface area contributed by atoms with E-state index < -0.39 is 5.97 Å². The molecule has 1 aromatic carbocycles. The van der Waals surface area contributed by atoms with E-state index in [-0.39, 0.29) is 5.76 Å². The van der Waals surface area contributed by atoms with E-state index in [0.717, 1.165) is 13.0 Å². The summed E-state index contributed by atoms with van der Waals surface area (Å²) in [6.45, 7) is 3.40. The first-order chi connectivity index (χ1) is 9.18. The number of hydrogen-bond acceptors (Lipinski definition) is 3. The molecular weight excluding hydrogens is 242 g/mol. The largest absolute Gasteiger partial charge is 0.475 e. The maximum atomic E-state index is 10.9. The van der Waals surface area contributed by atoms with Crippen molar-refractivity contribution in [2.75, 3.05) is 6.54 Å². The number of carbonyl (C=O) groups is 1. The third kappa shape index (κ3) is 3.45. The van der Waals surface area contributed by atoms with Crippen molar-refractivity contribution < 1.29 is 14.3 Å². The summed E-state index contributed by atoms with van der Waals surface area (Å²) in [6, 6.07) is 9.94. The van der Waals surface area contributed by atoms with E-state index in [4.69, 9.17) is 9.52 Å². The van der Waals surface area contributed by atoms with Crippen molar-refractivity contribution in [2.45, 2.75) is 19.9 Å². The van der Waals surface area contributed by atoms with Gasteiger partial charge in [-0.25, -0.2) is 4.79 Å². The van der Waals surface area contributed by atoms with Gasteiger partial charge in [-0.05, 0) is 37.1 Å². The third-order valence-electron chi connectivity index (χ3n) is 3.09. The topological polar surface area (TPSA) is 62.5 Å². The Bertz CT molecular complexity index is 560. The molecule has 0 fully saturated rings. The maximum Gasteiger partial charge on any atom is 0.372 e. The molecule has 100 valence electrons. The van der Waals surface area contributed by atoms with E-state index >= 15 is 0 Å². The maximum absolute atomic E-state index is 10.9. The van der Waals surface area contributed by atoms with Crippen LogP contribution in [-0.2, 0) is 13.0 Å². The first-order valence-corrected chi connectivity index (χ1v) is 6.23. The summed E-state index contributed by atoms with van der Waals surface area (Å²) in [4.78, 5) is 10.9. The highest BCUT2D eigenvalue weighted by atomic mass is 16.4. The fourth-order valence-corrected chi connectivity index (χ4v) is 2.00. The van der Waals surface area contributed by atoms with Gasteiger partial charge in [-0.15, -0.1) is 0 Å². The van der Waals surface area contributed by atoms with Crippen LogP contribution in [0.1, 0.15) is 27.2 Å². The Morgan fingerprint density at radius 2 is 2.05 bits per heavy atom. The van der Waals surface area contributed by atoms with Crippen LogP contribution in [0.4, 0.5) is 0 Å². The molecule has 0 saturated carbocycles. The van der Waals surface area contributed by atoms with Crippen molar-refractivity contribution in [1.82, 2.24) is 5.32 Å². The molecule has 4 heteroatoms. The zero-order valence-electron chi connectivity index (χ0n) is 10.8. The van der Waals surface area contributed by atoms with Crippen LogP contribution in [0.15, 0.2) is 41.0 Å². The number of furan rings is 1. The predicted molar refractivity (Wildman–Crippen MR) is 72.3 cm³/mol. The number of hydrogen-bond donors (Lipinski definition) is 2. The SMILES string of the molecule is Cc1ccccc1CCNCc1ccoc1C(=O)O. The minimum atomic E-state index is -1.03. The smallest absolute Gasteiger partial charge is 0.372 e. The fraction of sp³-hybridized carbons (Fsp3) is 0.267. The van der Waals surface area contributed by atoms with Gasteiger partial charge in [0.2, 0.25) is 5.76 Å². The Hall–Kier alpha value is -2.07. The van der Waals surface area contributed by atoms with Gasteiger partial charge in [0.25, 0.3) is 0 Å². The van der Waals surface area contributed by atoms with E-state index in [0.29, 0.717) is 12.1 Å². The second-order valence-electron chi connectivity index (χ2n) is 4.43. The van der Waals surface area contributed by atoms with Crippen molar-refractivity contribution in [1.29, 1.82) is 0 Å². The summed E-state index contributed by atoms with van der Waals surface area (Å²) < 4.78 is 4.92. The second kappa shape index (κ2) is 6.20. The Morgan fingerprint density at radius 1 is 1.26 bits per heavy atom. The van der Waals surface area contributed by atoms with Gasteiger partial charge >= 0.3 is 5.97 Å². The van der Waals surface area contributed by atoms with Crippen LogP contribution in [0.2, 0.25) is 0 Å². The number of carboxylic acids is 1. The van der Waals surface area contributed by atoms with Gasteiger partial charge < -0.3 is 14.8 Å². The Labute approximate surface area is 112 Å². The van der Waals surface area contributed by atoms with Crippen molar-refractivity contribution in [3.63, 3.8) is 0 Å². The number of rotatable bonds is 6. The molecule has 0 bridgehead atoms. The standard InChI is InChI=1S/C15H17NO3/c1-11-4-2-3-5-12(11)6-8-16-10-13-7-9-19-14(13)15(17)18/h2-5,7,9,16H,6,8,10H2,1H3,(H,17,18). The summed E-state index contributed by atoms with van der Waals surface area (Å²) >= 11 is 0. The highest BCUT2D eigenvalue weighted by Gasteiger charge is 2.12. The Balaban J connectivity index is 1.83. The van der Waals surface area contributed by atoms with E-state index in [1.807, 2.05) is 12.1 Å². The first-order valence-electron chi connectivity index (χ1n) is 6.23. The molecule has 19 heavy (non-hydrogen) atoms. The van der Waals surface area contributed by atoms with Gasteiger partial charge in [-0.3, -0.25) is 0 Å². The number of benzene rings is 1. The minimum absolute atomic E-state index is 0.0170. The molecule has 0 saturated heterocycles. The molecule has 4 nitrogen and oxygen atoms in total. The van der Waals surface area contributed by atoms with E-state index in [2.05, 4.69) is 24.4 Å². The first kappa shape index (κ1) is 13.4. The average molecular weight is 259 g/mol. The summed E-state index contributed by atoms with van der Waals surface area (Å²) in [6.07, 6.45) is 2.33. The fourth-order valence-electron chi connectivity index (χ4n) is 2.00. The van der Waals surface area contributed by atoms with Crippen molar-refractivity contribution in [2.24, 2.45) is 0 Å². The lowest BCUT2D eigenvalue weighted by atomic mass is 10.1. The summed E-state index contributed by atoms with van der Waals surface area (Å²) in [5, 5.41) is 12.1. The Kier molecular flexibility index (Phi) is 4.36. The molecule has 0 spiro atoms.